The Labute approximate surface area is 202 Å². The van der Waals surface area contributed by atoms with Gasteiger partial charge in [0.2, 0.25) is 0 Å². The third kappa shape index (κ3) is 6.03. The normalized spacial score (nSPS) is 11.5. The van der Waals surface area contributed by atoms with Crippen LogP contribution in [-0.2, 0) is 16.1 Å². The summed E-state index contributed by atoms with van der Waals surface area (Å²) in [5, 5.41) is 7.71. The topological polar surface area (TPSA) is 97.9 Å². The zero-order valence-electron chi connectivity index (χ0n) is 18.8. The van der Waals surface area contributed by atoms with Crippen LogP contribution in [0, 0.1) is 11.2 Å². The van der Waals surface area contributed by atoms with Gasteiger partial charge in [0, 0.05) is 41.1 Å². The van der Waals surface area contributed by atoms with E-state index in [0.717, 1.165) is 4.42 Å². The fourth-order valence-corrected chi connectivity index (χ4v) is 3.44. The molecular weight excluding hydrogens is 461 g/mol. The molecule has 3 aromatic carbocycles. The average Bonchev–Trinajstić information content (AvgIpc) is 2.83. The van der Waals surface area contributed by atoms with E-state index in [1.54, 1.807) is 43.3 Å². The number of carbonyl (C=O) groups excluding carboxylic acids is 1. The summed E-state index contributed by atoms with van der Waals surface area (Å²) in [6.45, 7) is 1.80. The van der Waals surface area contributed by atoms with Crippen molar-refractivity contribution in [3.8, 4) is 17.2 Å². The molecule has 0 fully saturated rings. The van der Waals surface area contributed by atoms with Gasteiger partial charge >= 0.3 is 0 Å². The molecule has 0 heterocycles. The molecule has 178 valence electrons. The molecule has 7 nitrogen and oxygen atoms in total. The molecule has 0 spiro atoms. The Kier molecular flexibility index (Phi) is 8.45. The van der Waals surface area contributed by atoms with Crippen molar-refractivity contribution in [3.05, 3.63) is 89.2 Å². The van der Waals surface area contributed by atoms with Crippen LogP contribution >= 0.6 is 11.8 Å². The highest BCUT2D eigenvalue weighted by atomic mass is 35.5. The predicted molar refractivity (Wildman–Crippen MR) is 128 cm³/mol. The molecule has 0 radical (unpaired) electrons. The molecule has 9 heteroatoms. The van der Waals surface area contributed by atoms with E-state index in [4.69, 9.17) is 37.1 Å². The van der Waals surface area contributed by atoms with Crippen LogP contribution in [0.4, 0.5) is 4.39 Å². The van der Waals surface area contributed by atoms with Crippen molar-refractivity contribution in [1.29, 1.82) is 5.41 Å². The predicted octanol–water partition coefficient (Wildman–Crippen LogP) is 5.17. The second-order valence-corrected chi connectivity index (χ2v) is 7.64. The number of amides is 1. The number of nitrogens with zero attached hydrogens (tertiary/aromatic N) is 1. The quantitative estimate of drug-likeness (QED) is 0.234. The van der Waals surface area contributed by atoms with Gasteiger partial charge in [-0.05, 0) is 37.3 Å². The number of para-hydroxylation sites is 1. The van der Waals surface area contributed by atoms with Crippen LogP contribution in [0.5, 0.6) is 17.2 Å². The molecule has 1 atom stereocenters. The molecule has 0 saturated carbocycles. The number of amidine groups is 1. The molecule has 34 heavy (non-hydrogen) atoms. The first-order valence-electron chi connectivity index (χ1n) is 10.5. The summed E-state index contributed by atoms with van der Waals surface area (Å²) >= 11 is 6.37. The fraction of sp³-hybridized carbons (Fsp3) is 0.200. The number of nitrogens with two attached hydrogens (primary N) is 1. The molecule has 3 aromatic rings. The molecule has 0 bridgehead atoms. The Hall–Kier alpha value is -3.62. The Balaban J connectivity index is 1.88. The zero-order chi connectivity index (χ0) is 24.7. The van der Waals surface area contributed by atoms with E-state index in [0.29, 0.717) is 28.4 Å². The molecule has 0 aliphatic rings. The van der Waals surface area contributed by atoms with Gasteiger partial charge in [-0.25, -0.2) is 8.81 Å². The minimum Gasteiger partial charge on any atom is -0.497 e. The van der Waals surface area contributed by atoms with Crippen LogP contribution in [0.25, 0.3) is 0 Å². The van der Waals surface area contributed by atoms with E-state index in [1.165, 1.54) is 19.2 Å². The van der Waals surface area contributed by atoms with Gasteiger partial charge in [-0.3, -0.25) is 10.2 Å². The van der Waals surface area contributed by atoms with Crippen molar-refractivity contribution >= 4 is 23.5 Å². The summed E-state index contributed by atoms with van der Waals surface area (Å²) in [6, 6.07) is 18.1. The summed E-state index contributed by atoms with van der Waals surface area (Å²) in [6.07, 6.45) is -1.25. The lowest BCUT2D eigenvalue weighted by molar-refractivity contribution is -0.139. The third-order valence-electron chi connectivity index (χ3n) is 4.95. The highest BCUT2D eigenvalue weighted by Crippen LogP contribution is 2.31. The smallest absolute Gasteiger partial charge is 0.271 e. The number of carbonyl (C=O) groups is 1. The second kappa shape index (κ2) is 11.5. The number of benzene rings is 3. The van der Waals surface area contributed by atoms with Crippen molar-refractivity contribution in [2.24, 2.45) is 5.73 Å². The van der Waals surface area contributed by atoms with Crippen LogP contribution in [0.2, 0.25) is 0 Å². The molecule has 3 N–H and O–H groups in total. The number of hydrogen-bond donors (Lipinski definition) is 2. The lowest BCUT2D eigenvalue weighted by Crippen LogP contribution is -2.30. The number of halogens is 2. The van der Waals surface area contributed by atoms with E-state index >= 15 is 0 Å². The molecule has 0 aliphatic heterocycles. The van der Waals surface area contributed by atoms with Gasteiger partial charge in [-0.2, -0.15) is 0 Å². The molecule has 0 saturated heterocycles. The highest BCUT2D eigenvalue weighted by molar-refractivity contribution is 6.21. The van der Waals surface area contributed by atoms with E-state index in [9.17, 15) is 9.18 Å². The number of hydrogen-bond acceptors (Lipinski definition) is 5. The van der Waals surface area contributed by atoms with E-state index < -0.39 is 17.8 Å². The van der Waals surface area contributed by atoms with Crippen LogP contribution in [0.1, 0.15) is 29.7 Å². The number of methoxy groups -OCH3 is 1. The molecule has 3 rings (SSSR count). The van der Waals surface area contributed by atoms with Crippen molar-refractivity contribution < 1.29 is 23.4 Å². The van der Waals surface area contributed by atoms with Crippen molar-refractivity contribution in [2.75, 3.05) is 13.7 Å². The van der Waals surface area contributed by atoms with Gasteiger partial charge in [0.1, 0.15) is 28.9 Å². The number of rotatable bonds is 10. The average molecular weight is 486 g/mol. The fourth-order valence-electron chi connectivity index (χ4n) is 3.23. The lowest BCUT2D eigenvalue weighted by Gasteiger charge is -2.23. The minimum absolute atomic E-state index is 0.0472. The van der Waals surface area contributed by atoms with Gasteiger partial charge in [-0.15, -0.1) is 0 Å². The molecule has 0 aromatic heterocycles. The van der Waals surface area contributed by atoms with Crippen LogP contribution in [0.15, 0.2) is 66.7 Å². The largest absolute Gasteiger partial charge is 0.497 e. The molecule has 0 aliphatic carbocycles. The SMILES string of the molecule is CCOC(C(=O)N(Cl)Cc1ccc(C(=N)N)cc1Oc1ccccc1)c1ccc(OC)cc1F. The summed E-state index contributed by atoms with van der Waals surface area (Å²) < 4.78 is 32.1. The lowest BCUT2D eigenvalue weighted by atomic mass is 10.1. The van der Waals surface area contributed by atoms with Gasteiger partial charge < -0.3 is 19.9 Å². The second-order valence-electron chi connectivity index (χ2n) is 7.23. The Morgan fingerprint density at radius 1 is 1.12 bits per heavy atom. The van der Waals surface area contributed by atoms with E-state index in [2.05, 4.69) is 0 Å². The number of ether oxygens (including phenoxy) is 3. The van der Waals surface area contributed by atoms with Gasteiger partial charge in [0.15, 0.2) is 6.10 Å². The maximum absolute atomic E-state index is 14.7. The van der Waals surface area contributed by atoms with Crippen molar-refractivity contribution in [2.45, 2.75) is 19.6 Å². The zero-order valence-corrected chi connectivity index (χ0v) is 19.5. The van der Waals surface area contributed by atoms with Crippen LogP contribution in [0.3, 0.4) is 0 Å². The first-order chi connectivity index (χ1) is 16.3. The number of nitrogens with one attached hydrogen (secondary N) is 1. The molecule has 1 amide bonds. The summed E-state index contributed by atoms with van der Waals surface area (Å²) in [5.74, 6) is -0.163. The Morgan fingerprint density at radius 3 is 2.47 bits per heavy atom. The van der Waals surface area contributed by atoms with Gasteiger partial charge in [0.05, 0.1) is 13.7 Å². The van der Waals surface area contributed by atoms with E-state index in [-0.39, 0.29) is 24.6 Å². The van der Waals surface area contributed by atoms with Crippen molar-refractivity contribution in [3.63, 3.8) is 0 Å². The highest BCUT2D eigenvalue weighted by Gasteiger charge is 2.29. The van der Waals surface area contributed by atoms with Gasteiger partial charge in [0.25, 0.3) is 5.91 Å². The Bertz CT molecular complexity index is 1160. The number of nitrogen functional groups attached to an aromatic ring is 1. The van der Waals surface area contributed by atoms with Crippen LogP contribution in [-0.4, -0.2) is 29.9 Å². The first-order valence-corrected chi connectivity index (χ1v) is 10.8. The minimum atomic E-state index is -1.25. The Morgan fingerprint density at radius 2 is 1.85 bits per heavy atom. The van der Waals surface area contributed by atoms with Crippen LogP contribution < -0.4 is 15.2 Å². The molecular formula is C25H25ClFN3O4. The summed E-state index contributed by atoms with van der Waals surface area (Å²) in [5.41, 5.74) is 6.68. The van der Waals surface area contributed by atoms with E-state index in [1.807, 2.05) is 18.2 Å². The first kappa shape index (κ1) is 25.0. The maximum atomic E-state index is 14.7. The maximum Gasteiger partial charge on any atom is 0.271 e. The third-order valence-corrected chi connectivity index (χ3v) is 5.23. The monoisotopic (exact) mass is 485 g/mol. The molecule has 1 unspecified atom stereocenters. The summed E-state index contributed by atoms with van der Waals surface area (Å²) in [4.78, 5) is 13.2. The standard InChI is InChI=1S/C25H25ClFN3O4/c1-3-33-23(20-12-11-19(32-2)14-21(20)27)25(31)30(26)15-17-10-9-16(24(28)29)13-22(17)34-18-7-5-4-6-8-18/h4-14,23H,3,15H2,1-2H3,(H3,28,29). The van der Waals surface area contributed by atoms with Gasteiger partial charge in [-0.1, -0.05) is 30.3 Å². The van der Waals surface area contributed by atoms with Crippen molar-refractivity contribution in [1.82, 2.24) is 4.42 Å². The summed E-state index contributed by atoms with van der Waals surface area (Å²) in [7, 11) is 1.42.